The van der Waals surface area contributed by atoms with Gasteiger partial charge in [0.2, 0.25) is 0 Å². The van der Waals surface area contributed by atoms with E-state index in [4.69, 9.17) is 0 Å². The summed E-state index contributed by atoms with van der Waals surface area (Å²) in [5.41, 5.74) is 4.05. The Morgan fingerprint density at radius 2 is 1.33 bits per heavy atom. The van der Waals surface area contributed by atoms with Crippen LogP contribution < -0.4 is 10.6 Å². The van der Waals surface area contributed by atoms with Gasteiger partial charge in [0.15, 0.2) is 0 Å². The van der Waals surface area contributed by atoms with Gasteiger partial charge in [0.25, 0.3) is 0 Å². The zero-order valence-electron chi connectivity index (χ0n) is 15.7. The summed E-state index contributed by atoms with van der Waals surface area (Å²) in [5, 5.41) is 7.50. The molecule has 1 unspecified atom stereocenters. The first-order valence-electron chi connectivity index (χ1n) is 9.98. The van der Waals surface area contributed by atoms with Crippen molar-refractivity contribution in [1.29, 1.82) is 0 Å². The lowest BCUT2D eigenvalue weighted by atomic mass is 9.82. The lowest BCUT2D eigenvalue weighted by molar-refractivity contribution is 0.362. The van der Waals surface area contributed by atoms with Crippen LogP contribution in [0.4, 0.5) is 5.69 Å². The second-order valence-corrected chi connectivity index (χ2v) is 7.58. The number of anilines is 1. The third-order valence-corrected chi connectivity index (χ3v) is 5.67. The number of benzene rings is 3. The van der Waals surface area contributed by atoms with Crippen molar-refractivity contribution < 1.29 is 0 Å². The van der Waals surface area contributed by atoms with Crippen molar-refractivity contribution in [3.05, 3.63) is 102 Å². The van der Waals surface area contributed by atoms with E-state index in [-0.39, 0.29) is 0 Å². The van der Waals surface area contributed by atoms with Crippen LogP contribution in [0.25, 0.3) is 0 Å². The smallest absolute Gasteiger partial charge is 0.0345 e. The van der Waals surface area contributed by atoms with E-state index in [1.807, 2.05) is 0 Å². The van der Waals surface area contributed by atoms with E-state index in [2.05, 4.69) is 102 Å². The van der Waals surface area contributed by atoms with Crippen molar-refractivity contribution in [2.45, 2.75) is 18.9 Å². The van der Waals surface area contributed by atoms with Gasteiger partial charge in [-0.05, 0) is 54.5 Å². The summed E-state index contributed by atoms with van der Waals surface area (Å²) in [6, 6.07) is 32.8. The van der Waals surface area contributed by atoms with Crippen LogP contribution in [-0.4, -0.2) is 19.1 Å². The highest BCUT2D eigenvalue weighted by Gasteiger charge is 2.33. The van der Waals surface area contributed by atoms with Crippen LogP contribution in [0, 0.1) is 11.8 Å². The summed E-state index contributed by atoms with van der Waals surface area (Å²) < 4.78 is 0. The van der Waals surface area contributed by atoms with Gasteiger partial charge in [0.05, 0.1) is 0 Å². The second kappa shape index (κ2) is 8.88. The Bertz CT molecular complexity index is 760. The highest BCUT2D eigenvalue weighted by molar-refractivity contribution is 5.44. The average molecular weight is 357 g/mol. The molecule has 27 heavy (non-hydrogen) atoms. The molecule has 2 heteroatoms. The molecule has 0 aromatic heterocycles. The lowest BCUT2D eigenvalue weighted by Gasteiger charge is -2.30. The normalized spacial score (nSPS) is 20.3. The van der Waals surface area contributed by atoms with Crippen LogP contribution in [-0.2, 0) is 12.8 Å². The molecular formula is C25H28N2. The molecule has 0 radical (unpaired) electrons. The molecule has 1 heterocycles. The molecule has 2 N–H and O–H groups in total. The molecule has 0 amide bonds. The highest BCUT2D eigenvalue weighted by atomic mass is 15.0. The van der Waals surface area contributed by atoms with Crippen molar-refractivity contribution >= 4 is 5.69 Å². The Morgan fingerprint density at radius 3 is 2.00 bits per heavy atom. The molecule has 3 aromatic rings. The van der Waals surface area contributed by atoms with Gasteiger partial charge in [-0.1, -0.05) is 78.9 Å². The van der Waals surface area contributed by atoms with Gasteiger partial charge in [-0.15, -0.1) is 0 Å². The van der Waals surface area contributed by atoms with Crippen LogP contribution in [0.5, 0.6) is 0 Å². The minimum atomic E-state index is 0.415. The lowest BCUT2D eigenvalue weighted by Crippen LogP contribution is -2.36. The average Bonchev–Trinajstić information content (AvgIpc) is 3.18. The minimum Gasteiger partial charge on any atom is -0.382 e. The molecular weight excluding hydrogens is 328 g/mol. The maximum atomic E-state index is 3.85. The molecule has 1 fully saturated rings. The minimum absolute atomic E-state index is 0.415. The Hall–Kier alpha value is -2.58. The van der Waals surface area contributed by atoms with E-state index in [1.165, 1.54) is 16.8 Å². The summed E-state index contributed by atoms with van der Waals surface area (Å²) >= 11 is 0. The van der Waals surface area contributed by atoms with Crippen LogP contribution in [0.2, 0.25) is 0 Å². The summed E-state index contributed by atoms with van der Waals surface area (Å²) in [6.45, 7) is 2.18. The number of hydrogen-bond acceptors (Lipinski definition) is 2. The Kier molecular flexibility index (Phi) is 5.86. The molecule has 3 aromatic carbocycles. The van der Waals surface area contributed by atoms with Crippen molar-refractivity contribution in [2.75, 3.05) is 18.4 Å². The Labute approximate surface area is 162 Å². The molecule has 1 aliphatic rings. The number of para-hydroxylation sites is 1. The fourth-order valence-electron chi connectivity index (χ4n) is 4.29. The van der Waals surface area contributed by atoms with Gasteiger partial charge in [0, 0.05) is 18.3 Å². The Balaban J connectivity index is 1.54. The number of hydrogen-bond donors (Lipinski definition) is 2. The van der Waals surface area contributed by atoms with Gasteiger partial charge >= 0.3 is 0 Å². The highest BCUT2D eigenvalue weighted by Crippen LogP contribution is 2.28. The predicted octanol–water partition coefficient (Wildman–Crippen LogP) is 4.79. The summed E-state index contributed by atoms with van der Waals surface area (Å²) in [4.78, 5) is 0. The number of rotatable bonds is 7. The maximum absolute atomic E-state index is 3.85. The summed E-state index contributed by atoms with van der Waals surface area (Å²) in [6.07, 6.45) is 2.19. The summed E-state index contributed by atoms with van der Waals surface area (Å²) in [7, 11) is 0. The quantitative estimate of drug-likeness (QED) is 0.636. The van der Waals surface area contributed by atoms with E-state index in [0.717, 1.165) is 25.9 Å². The second-order valence-electron chi connectivity index (χ2n) is 7.58. The third kappa shape index (κ3) is 4.78. The number of nitrogens with one attached hydrogen (secondary N) is 2. The first kappa shape index (κ1) is 17.8. The van der Waals surface area contributed by atoms with E-state index in [0.29, 0.717) is 17.9 Å². The van der Waals surface area contributed by atoms with Gasteiger partial charge in [-0.25, -0.2) is 0 Å². The zero-order chi connectivity index (χ0) is 18.3. The molecule has 4 rings (SSSR count). The van der Waals surface area contributed by atoms with E-state index < -0.39 is 0 Å². The van der Waals surface area contributed by atoms with Gasteiger partial charge in [0.1, 0.15) is 0 Å². The standard InChI is InChI=1S/C25H28N2/c1-4-10-20(11-5-1)16-22-18-26-19-24(22)25(17-21-12-6-2-7-13-21)27-23-14-8-3-9-15-23/h1-15,22,24-27H,16-19H2/t22-,24+,25?/m0/s1. The molecule has 0 saturated carbocycles. The van der Waals surface area contributed by atoms with E-state index in [1.54, 1.807) is 0 Å². The molecule has 0 bridgehead atoms. The fraction of sp³-hybridized carbons (Fsp3) is 0.280. The first-order valence-corrected chi connectivity index (χ1v) is 9.98. The van der Waals surface area contributed by atoms with Crippen molar-refractivity contribution in [3.63, 3.8) is 0 Å². The largest absolute Gasteiger partial charge is 0.382 e. The molecule has 0 spiro atoms. The molecule has 2 nitrogen and oxygen atoms in total. The van der Waals surface area contributed by atoms with Crippen LogP contribution in [0.15, 0.2) is 91.0 Å². The maximum Gasteiger partial charge on any atom is 0.0345 e. The zero-order valence-corrected chi connectivity index (χ0v) is 15.7. The third-order valence-electron chi connectivity index (χ3n) is 5.67. The molecule has 3 atom stereocenters. The van der Waals surface area contributed by atoms with Gasteiger partial charge in [-0.3, -0.25) is 0 Å². The summed E-state index contributed by atoms with van der Waals surface area (Å²) in [5.74, 6) is 1.25. The fourth-order valence-corrected chi connectivity index (χ4v) is 4.29. The predicted molar refractivity (Wildman–Crippen MR) is 114 cm³/mol. The topological polar surface area (TPSA) is 24.1 Å². The van der Waals surface area contributed by atoms with Crippen LogP contribution in [0.3, 0.4) is 0 Å². The van der Waals surface area contributed by atoms with Crippen molar-refractivity contribution in [1.82, 2.24) is 5.32 Å². The van der Waals surface area contributed by atoms with Crippen LogP contribution in [0.1, 0.15) is 11.1 Å². The molecule has 1 aliphatic heterocycles. The van der Waals surface area contributed by atoms with Gasteiger partial charge in [-0.2, -0.15) is 0 Å². The molecule has 0 aliphatic carbocycles. The Morgan fingerprint density at radius 1 is 0.741 bits per heavy atom. The molecule has 138 valence electrons. The van der Waals surface area contributed by atoms with E-state index in [9.17, 15) is 0 Å². The van der Waals surface area contributed by atoms with Crippen molar-refractivity contribution in [2.24, 2.45) is 11.8 Å². The first-order chi connectivity index (χ1) is 13.4. The van der Waals surface area contributed by atoms with Gasteiger partial charge < -0.3 is 10.6 Å². The van der Waals surface area contributed by atoms with Crippen LogP contribution >= 0.6 is 0 Å². The monoisotopic (exact) mass is 356 g/mol. The molecule has 1 saturated heterocycles. The SMILES string of the molecule is c1ccc(CC(Nc2ccccc2)[C@@H]2CNC[C@@H]2Cc2ccccc2)cc1. The van der Waals surface area contributed by atoms with Crippen molar-refractivity contribution in [3.8, 4) is 0 Å². The van der Waals surface area contributed by atoms with E-state index >= 15 is 0 Å².